The molecule has 0 unspecified atom stereocenters. The molecule has 2 heterocycles. The number of benzene rings is 1. The zero-order chi connectivity index (χ0) is 15.9. The summed E-state index contributed by atoms with van der Waals surface area (Å²) in [7, 11) is 0. The van der Waals surface area contributed by atoms with Crippen molar-refractivity contribution in [3.63, 3.8) is 0 Å². The van der Waals surface area contributed by atoms with Crippen LogP contribution in [0.25, 0.3) is 16.2 Å². The molecule has 0 aliphatic carbocycles. The lowest BCUT2D eigenvalue weighted by Gasteiger charge is -2.04. The van der Waals surface area contributed by atoms with Crippen LogP contribution in [0.15, 0.2) is 18.2 Å². The fourth-order valence-electron chi connectivity index (χ4n) is 2.59. The van der Waals surface area contributed by atoms with Crippen molar-refractivity contribution in [2.24, 2.45) is 5.92 Å². The summed E-state index contributed by atoms with van der Waals surface area (Å²) in [5.41, 5.74) is 4.59. The molecular weight excluding hydrogens is 292 g/mol. The Bertz CT molecular complexity index is 880. The summed E-state index contributed by atoms with van der Waals surface area (Å²) in [6.45, 7) is 8.44. The van der Waals surface area contributed by atoms with Gasteiger partial charge < -0.3 is 0 Å². The number of rotatable bonds is 3. The van der Waals surface area contributed by atoms with Crippen molar-refractivity contribution in [2.45, 2.75) is 34.1 Å². The van der Waals surface area contributed by atoms with Gasteiger partial charge in [0.2, 0.25) is 4.96 Å². The largest absolute Gasteiger partial charge is 0.216 e. The summed E-state index contributed by atoms with van der Waals surface area (Å²) in [5, 5.41) is 15.2. The van der Waals surface area contributed by atoms with Gasteiger partial charge in [-0.1, -0.05) is 48.9 Å². The summed E-state index contributed by atoms with van der Waals surface area (Å²) < 4.78 is 1.69. The molecule has 0 bridgehead atoms. The van der Waals surface area contributed by atoms with Gasteiger partial charge in [0.15, 0.2) is 5.69 Å². The number of imidazole rings is 1. The van der Waals surface area contributed by atoms with Gasteiger partial charge >= 0.3 is 0 Å². The minimum atomic E-state index is 0.521. The highest BCUT2D eigenvalue weighted by molar-refractivity contribution is 7.16. The molecule has 4 nitrogen and oxygen atoms in total. The smallest absolute Gasteiger partial charge is 0.214 e. The van der Waals surface area contributed by atoms with Crippen LogP contribution >= 0.6 is 11.3 Å². The molecule has 22 heavy (non-hydrogen) atoms. The molecule has 0 atom stereocenters. The zero-order valence-electron chi connectivity index (χ0n) is 13.2. The van der Waals surface area contributed by atoms with Crippen molar-refractivity contribution in [3.05, 3.63) is 40.0 Å². The van der Waals surface area contributed by atoms with Crippen molar-refractivity contribution in [1.29, 1.82) is 5.26 Å². The number of aryl methyl sites for hydroxylation is 2. The van der Waals surface area contributed by atoms with E-state index in [-0.39, 0.29) is 0 Å². The molecule has 0 saturated carbocycles. The van der Waals surface area contributed by atoms with Crippen LogP contribution in [0.5, 0.6) is 0 Å². The SMILES string of the molecule is Cc1ccc(-c2nc3sc(CC(C)C)nn3c2C#N)c(C)c1. The molecule has 2 aromatic heterocycles. The third-order valence-electron chi connectivity index (χ3n) is 3.57. The minimum absolute atomic E-state index is 0.521. The molecule has 0 aliphatic rings. The molecule has 0 aliphatic heterocycles. The Labute approximate surface area is 134 Å². The van der Waals surface area contributed by atoms with Gasteiger partial charge in [0.05, 0.1) is 0 Å². The molecule has 0 spiro atoms. The van der Waals surface area contributed by atoms with Gasteiger partial charge in [-0.05, 0) is 25.3 Å². The van der Waals surface area contributed by atoms with Crippen LogP contribution in [-0.4, -0.2) is 14.6 Å². The highest BCUT2D eigenvalue weighted by Crippen LogP contribution is 2.29. The van der Waals surface area contributed by atoms with E-state index in [4.69, 9.17) is 0 Å². The lowest BCUT2D eigenvalue weighted by molar-refractivity contribution is 0.636. The molecular formula is C17H18N4S. The first-order chi connectivity index (χ1) is 10.5. The van der Waals surface area contributed by atoms with Gasteiger partial charge in [0, 0.05) is 12.0 Å². The molecule has 112 valence electrons. The first-order valence-electron chi connectivity index (χ1n) is 7.35. The first kappa shape index (κ1) is 14.7. The fourth-order valence-corrected chi connectivity index (χ4v) is 3.69. The highest BCUT2D eigenvalue weighted by atomic mass is 32.1. The molecule has 3 rings (SSSR count). The van der Waals surface area contributed by atoms with E-state index in [1.807, 2.05) is 6.07 Å². The van der Waals surface area contributed by atoms with Crippen molar-refractivity contribution < 1.29 is 0 Å². The molecule has 0 N–H and O–H groups in total. The van der Waals surface area contributed by atoms with Crippen molar-refractivity contribution >= 4 is 16.3 Å². The van der Waals surface area contributed by atoms with Crippen molar-refractivity contribution in [3.8, 4) is 17.3 Å². The number of fused-ring (bicyclic) bond motifs is 1. The monoisotopic (exact) mass is 310 g/mol. The van der Waals surface area contributed by atoms with E-state index in [0.29, 0.717) is 11.6 Å². The van der Waals surface area contributed by atoms with Gasteiger partial charge in [0.1, 0.15) is 16.8 Å². The third kappa shape index (κ3) is 2.51. The Kier molecular flexibility index (Phi) is 3.71. The number of hydrogen-bond acceptors (Lipinski definition) is 4. The molecule has 0 fully saturated rings. The van der Waals surface area contributed by atoms with E-state index in [2.05, 4.69) is 56.0 Å². The standard InChI is InChI=1S/C17H18N4S/c1-10(2)7-15-20-21-14(9-18)16(19-17(21)22-15)13-6-5-11(3)8-12(13)4/h5-6,8,10H,7H2,1-4H3. The molecule has 0 amide bonds. The Morgan fingerprint density at radius 2 is 2.09 bits per heavy atom. The van der Waals surface area contributed by atoms with E-state index in [9.17, 15) is 5.26 Å². The predicted molar refractivity (Wildman–Crippen MR) is 89.0 cm³/mol. The fraction of sp³-hybridized carbons (Fsp3) is 0.353. The van der Waals surface area contributed by atoms with Crippen LogP contribution in [0.3, 0.4) is 0 Å². The van der Waals surface area contributed by atoms with Gasteiger partial charge in [-0.3, -0.25) is 0 Å². The summed E-state index contributed by atoms with van der Waals surface area (Å²) >= 11 is 1.57. The minimum Gasteiger partial charge on any atom is -0.216 e. The van der Waals surface area contributed by atoms with Crippen LogP contribution < -0.4 is 0 Å². The van der Waals surface area contributed by atoms with E-state index in [1.54, 1.807) is 15.9 Å². The van der Waals surface area contributed by atoms with Crippen molar-refractivity contribution in [1.82, 2.24) is 14.6 Å². The Morgan fingerprint density at radius 3 is 2.73 bits per heavy atom. The Balaban J connectivity index is 2.15. The third-order valence-corrected chi connectivity index (χ3v) is 4.50. The van der Waals surface area contributed by atoms with E-state index in [0.717, 1.165) is 33.2 Å². The van der Waals surface area contributed by atoms with Gasteiger partial charge in [-0.15, -0.1) is 0 Å². The van der Waals surface area contributed by atoms with Crippen LogP contribution in [0, 0.1) is 31.1 Å². The normalized spacial score (nSPS) is 11.3. The molecule has 5 heteroatoms. The molecule has 0 radical (unpaired) electrons. The number of nitrogens with zero attached hydrogens (tertiary/aromatic N) is 4. The molecule has 3 aromatic rings. The average molecular weight is 310 g/mol. The van der Waals surface area contributed by atoms with Crippen LogP contribution in [0.1, 0.15) is 35.7 Å². The maximum absolute atomic E-state index is 9.56. The lowest BCUT2D eigenvalue weighted by Crippen LogP contribution is -1.97. The number of nitriles is 1. The molecule has 0 saturated heterocycles. The van der Waals surface area contributed by atoms with E-state index < -0.39 is 0 Å². The number of hydrogen-bond donors (Lipinski definition) is 0. The van der Waals surface area contributed by atoms with Gasteiger partial charge in [-0.25, -0.2) is 4.98 Å². The first-order valence-corrected chi connectivity index (χ1v) is 8.17. The topological polar surface area (TPSA) is 54.0 Å². The molecule has 1 aromatic carbocycles. The average Bonchev–Trinajstić information content (AvgIpc) is 2.94. The quantitative estimate of drug-likeness (QED) is 0.730. The summed E-state index contributed by atoms with van der Waals surface area (Å²) in [5.74, 6) is 0.542. The maximum Gasteiger partial charge on any atom is 0.214 e. The second-order valence-electron chi connectivity index (χ2n) is 6.03. The summed E-state index contributed by atoms with van der Waals surface area (Å²) in [4.78, 5) is 5.46. The van der Waals surface area contributed by atoms with Crippen LogP contribution in [-0.2, 0) is 6.42 Å². The van der Waals surface area contributed by atoms with Gasteiger partial charge in [0.25, 0.3) is 0 Å². The number of aromatic nitrogens is 3. The zero-order valence-corrected chi connectivity index (χ0v) is 14.0. The van der Waals surface area contributed by atoms with Crippen molar-refractivity contribution in [2.75, 3.05) is 0 Å². The predicted octanol–water partition coefficient (Wildman–Crippen LogP) is 4.14. The highest BCUT2D eigenvalue weighted by Gasteiger charge is 2.19. The Morgan fingerprint density at radius 1 is 1.32 bits per heavy atom. The van der Waals surface area contributed by atoms with Crippen LogP contribution in [0.4, 0.5) is 0 Å². The second kappa shape index (κ2) is 5.54. The van der Waals surface area contributed by atoms with E-state index >= 15 is 0 Å². The summed E-state index contributed by atoms with van der Waals surface area (Å²) in [6.07, 6.45) is 0.914. The van der Waals surface area contributed by atoms with Crippen LogP contribution in [0.2, 0.25) is 0 Å². The Hall–Kier alpha value is -2.19. The maximum atomic E-state index is 9.56. The van der Waals surface area contributed by atoms with Gasteiger partial charge in [-0.2, -0.15) is 14.9 Å². The van der Waals surface area contributed by atoms with E-state index in [1.165, 1.54) is 5.56 Å². The lowest BCUT2D eigenvalue weighted by atomic mass is 10.0. The second-order valence-corrected chi connectivity index (χ2v) is 7.07. The summed E-state index contributed by atoms with van der Waals surface area (Å²) in [6, 6.07) is 8.47.